The number of Topliss-reactive ketones (excluding diaryl/α,β-unsaturated/α-hetero) is 1. The van der Waals surface area contributed by atoms with Gasteiger partial charge in [0.2, 0.25) is 0 Å². The van der Waals surface area contributed by atoms with Crippen molar-refractivity contribution in [1.29, 1.82) is 0 Å². The highest BCUT2D eigenvalue weighted by molar-refractivity contribution is 5.82. The molecule has 4 fully saturated rings. The number of fused-ring (bicyclic) bond motifs is 6. The first kappa shape index (κ1) is 26.2. The van der Waals surface area contributed by atoms with E-state index in [-0.39, 0.29) is 29.1 Å². The second-order valence-corrected chi connectivity index (χ2v) is 13.9. The molecule has 2 aromatic rings. The lowest BCUT2D eigenvalue weighted by molar-refractivity contribution is -0.175. The third kappa shape index (κ3) is 4.11. The van der Waals surface area contributed by atoms with Crippen molar-refractivity contribution in [2.24, 2.45) is 46.3 Å². The Balaban J connectivity index is 1.24. The highest BCUT2D eigenvalue weighted by Crippen LogP contribution is 2.69. The number of aliphatic hydroxyl groups is 1. The predicted molar refractivity (Wildman–Crippen MR) is 146 cm³/mol. The minimum absolute atomic E-state index is 0.0173. The van der Waals surface area contributed by atoms with Gasteiger partial charge in [0.25, 0.3) is 0 Å². The summed E-state index contributed by atoms with van der Waals surface area (Å²) >= 11 is 0. The van der Waals surface area contributed by atoms with E-state index >= 15 is 0 Å². The molecule has 208 valence electrons. The molecule has 1 N–H and O–H groups in total. The zero-order valence-electron chi connectivity index (χ0n) is 23.8. The number of aromatic nitrogens is 3. The average molecular weight is 524 g/mol. The molecule has 4 saturated carbocycles. The van der Waals surface area contributed by atoms with Crippen LogP contribution in [-0.4, -0.2) is 52.3 Å². The van der Waals surface area contributed by atoms with Crippen LogP contribution in [0.25, 0.3) is 11.0 Å². The summed E-state index contributed by atoms with van der Waals surface area (Å²) in [6.07, 6.45) is 8.44. The molecule has 38 heavy (non-hydrogen) atoms. The molecular weight excluding hydrogens is 478 g/mol. The van der Waals surface area contributed by atoms with Crippen LogP contribution in [-0.2, 0) is 16.1 Å². The quantitative estimate of drug-likeness (QED) is 0.554. The Morgan fingerprint density at radius 2 is 1.79 bits per heavy atom. The van der Waals surface area contributed by atoms with Crippen molar-refractivity contribution in [1.82, 2.24) is 15.0 Å². The van der Waals surface area contributed by atoms with E-state index in [9.17, 15) is 9.90 Å². The number of benzene rings is 1. The van der Waals surface area contributed by atoms with E-state index in [1.165, 1.54) is 6.42 Å². The molecule has 0 saturated heterocycles. The molecule has 0 radical (unpaired) electrons. The molecule has 0 aliphatic heterocycles. The van der Waals surface area contributed by atoms with Gasteiger partial charge < -0.3 is 14.6 Å². The Kier molecular flexibility index (Phi) is 6.42. The van der Waals surface area contributed by atoms with Crippen LogP contribution in [0, 0.1) is 46.3 Å². The second kappa shape index (κ2) is 9.29. The number of ether oxygens (including phenoxy) is 2. The summed E-state index contributed by atoms with van der Waals surface area (Å²) in [5.74, 6) is 3.92. The van der Waals surface area contributed by atoms with Gasteiger partial charge in [0.15, 0.2) is 5.78 Å². The van der Waals surface area contributed by atoms with Crippen LogP contribution in [0.3, 0.4) is 0 Å². The molecule has 0 amide bonds. The summed E-state index contributed by atoms with van der Waals surface area (Å²) in [5, 5.41) is 20.1. The molecule has 4 aliphatic rings. The van der Waals surface area contributed by atoms with Crippen LogP contribution in [0.1, 0.15) is 72.1 Å². The van der Waals surface area contributed by atoms with Crippen molar-refractivity contribution in [3.8, 4) is 5.75 Å². The van der Waals surface area contributed by atoms with Crippen molar-refractivity contribution >= 4 is 16.8 Å². The van der Waals surface area contributed by atoms with Crippen LogP contribution >= 0.6 is 0 Å². The first-order chi connectivity index (χ1) is 18.1. The largest absolute Gasteiger partial charge is 0.497 e. The van der Waals surface area contributed by atoms with Crippen molar-refractivity contribution in [3.63, 3.8) is 0 Å². The van der Waals surface area contributed by atoms with Gasteiger partial charge in [-0.1, -0.05) is 13.8 Å². The molecule has 1 aromatic heterocycles. The number of ketones is 1. The molecule has 9 atom stereocenters. The van der Waals surface area contributed by atoms with Crippen molar-refractivity contribution < 1.29 is 19.4 Å². The van der Waals surface area contributed by atoms with E-state index in [1.807, 2.05) is 32.2 Å². The maximum absolute atomic E-state index is 13.8. The lowest BCUT2D eigenvalue weighted by atomic mass is 9.42. The standard InChI is InChI=1S/C31H45N3O4/c1-29(36)12-13-30(2)20(16-29)14-19(18-37-4)28-23-8-7-22(31(23,3)11-10-24(28)30)27(35)17-34-32-25-9-6-21(38-5)15-26(25)33-34/h6,9,15,19-20,22-24,28,36H,7-8,10-14,16-18H2,1-5H3/t19-,20-,22+,23-,24-,28-,29+,30-,31+/m0/s1. The van der Waals surface area contributed by atoms with E-state index < -0.39 is 5.60 Å². The zero-order valence-corrected chi connectivity index (χ0v) is 23.8. The summed E-state index contributed by atoms with van der Waals surface area (Å²) in [5.41, 5.74) is 1.30. The van der Waals surface area contributed by atoms with Crippen LogP contribution < -0.4 is 4.74 Å². The maximum Gasteiger partial charge on any atom is 0.159 e. The molecule has 7 nitrogen and oxygen atoms in total. The van der Waals surface area contributed by atoms with E-state index in [4.69, 9.17) is 9.47 Å². The normalized spacial score (nSPS) is 42.4. The SMILES string of the molecule is COC[C@@H]1C[C@H]2C[C@](C)(O)CC[C@]2(C)[C@H]2CC[C@]3(C)[C@@H](C(=O)Cn4nc5ccc(OC)cc5n4)CC[C@H]3[C@H]12. The highest BCUT2D eigenvalue weighted by Gasteiger charge is 2.63. The van der Waals surface area contributed by atoms with Gasteiger partial charge in [-0.15, -0.1) is 0 Å². The van der Waals surface area contributed by atoms with Gasteiger partial charge in [-0.05, 0) is 111 Å². The molecule has 0 unspecified atom stereocenters. The smallest absolute Gasteiger partial charge is 0.159 e. The summed E-state index contributed by atoms with van der Waals surface area (Å²) in [6.45, 7) is 7.98. The summed E-state index contributed by atoms with van der Waals surface area (Å²) in [6, 6.07) is 5.64. The lowest BCUT2D eigenvalue weighted by Gasteiger charge is -2.64. The molecule has 6 rings (SSSR count). The number of rotatable bonds is 6. The fourth-order valence-corrected chi connectivity index (χ4v) is 9.90. The molecule has 1 aromatic carbocycles. The molecule has 7 heteroatoms. The van der Waals surface area contributed by atoms with Crippen LogP contribution in [0.4, 0.5) is 0 Å². The third-order valence-electron chi connectivity index (χ3n) is 11.8. The van der Waals surface area contributed by atoms with Crippen LogP contribution in [0.15, 0.2) is 18.2 Å². The van der Waals surface area contributed by atoms with Gasteiger partial charge in [0, 0.05) is 25.7 Å². The van der Waals surface area contributed by atoms with E-state index in [2.05, 4.69) is 24.0 Å². The lowest BCUT2D eigenvalue weighted by Crippen LogP contribution is -2.59. The second-order valence-electron chi connectivity index (χ2n) is 13.9. The van der Waals surface area contributed by atoms with Gasteiger partial charge in [0.1, 0.15) is 23.3 Å². The first-order valence-electron chi connectivity index (χ1n) is 14.7. The Bertz CT molecular complexity index is 1210. The average Bonchev–Trinajstić information content (AvgIpc) is 3.44. The number of carbonyl (C=O) groups excluding carboxylic acids is 1. The van der Waals surface area contributed by atoms with Crippen LogP contribution in [0.5, 0.6) is 5.75 Å². The van der Waals surface area contributed by atoms with Crippen molar-refractivity contribution in [2.45, 2.75) is 84.3 Å². The predicted octanol–water partition coefficient (Wildman–Crippen LogP) is 5.29. The summed E-state index contributed by atoms with van der Waals surface area (Å²) < 4.78 is 11.1. The number of nitrogens with zero attached hydrogens (tertiary/aromatic N) is 3. The molecule has 4 aliphatic carbocycles. The Morgan fingerprint density at radius 1 is 1.03 bits per heavy atom. The Hall–Kier alpha value is -1.99. The van der Waals surface area contributed by atoms with Crippen molar-refractivity contribution in [2.75, 3.05) is 20.8 Å². The maximum atomic E-state index is 13.8. The molecule has 0 bridgehead atoms. The third-order valence-corrected chi connectivity index (χ3v) is 11.8. The van der Waals surface area contributed by atoms with Gasteiger partial charge in [-0.3, -0.25) is 4.79 Å². The first-order valence-corrected chi connectivity index (χ1v) is 14.7. The number of hydrogen-bond acceptors (Lipinski definition) is 6. The number of hydrogen-bond donors (Lipinski definition) is 1. The molecule has 1 heterocycles. The highest BCUT2D eigenvalue weighted by atomic mass is 16.5. The van der Waals surface area contributed by atoms with E-state index in [1.54, 1.807) is 11.9 Å². The van der Waals surface area contributed by atoms with Crippen molar-refractivity contribution in [3.05, 3.63) is 18.2 Å². The van der Waals surface area contributed by atoms with Crippen LogP contribution in [0.2, 0.25) is 0 Å². The number of carbonyl (C=O) groups is 1. The minimum atomic E-state index is -0.543. The van der Waals surface area contributed by atoms with Gasteiger partial charge >= 0.3 is 0 Å². The summed E-state index contributed by atoms with van der Waals surface area (Å²) in [4.78, 5) is 15.4. The Morgan fingerprint density at radius 3 is 2.55 bits per heavy atom. The minimum Gasteiger partial charge on any atom is -0.497 e. The topological polar surface area (TPSA) is 86.5 Å². The van der Waals surface area contributed by atoms with E-state index in [0.29, 0.717) is 29.6 Å². The molecular formula is C31H45N3O4. The molecule has 0 spiro atoms. The number of methoxy groups -OCH3 is 2. The van der Waals surface area contributed by atoms with Gasteiger partial charge in [0.05, 0.1) is 12.7 Å². The zero-order chi connectivity index (χ0) is 26.9. The fraction of sp³-hybridized carbons (Fsp3) is 0.774. The monoisotopic (exact) mass is 523 g/mol. The fourth-order valence-electron chi connectivity index (χ4n) is 9.90. The van der Waals surface area contributed by atoms with Gasteiger partial charge in [-0.2, -0.15) is 15.0 Å². The Labute approximate surface area is 226 Å². The summed E-state index contributed by atoms with van der Waals surface area (Å²) in [7, 11) is 3.47. The van der Waals surface area contributed by atoms with Gasteiger partial charge in [-0.25, -0.2) is 0 Å². The van der Waals surface area contributed by atoms with E-state index in [0.717, 1.165) is 68.3 Å².